The van der Waals surface area contributed by atoms with E-state index in [-0.39, 0.29) is 11.8 Å². The molecule has 23 heavy (non-hydrogen) atoms. The molecule has 0 saturated carbocycles. The third-order valence-electron chi connectivity index (χ3n) is 4.04. The molecule has 0 aliphatic carbocycles. The van der Waals surface area contributed by atoms with E-state index in [4.69, 9.17) is 21.1 Å². The van der Waals surface area contributed by atoms with Crippen LogP contribution in [0, 0.1) is 0 Å². The molecule has 1 aromatic rings. The molecular weight excluding hydrogens is 320 g/mol. The Balaban J connectivity index is 1.56. The summed E-state index contributed by atoms with van der Waals surface area (Å²) in [6.07, 6.45) is -0.163. The predicted molar refractivity (Wildman–Crippen MR) is 84.6 cm³/mol. The van der Waals surface area contributed by atoms with Crippen molar-refractivity contribution in [3.05, 3.63) is 28.8 Å². The summed E-state index contributed by atoms with van der Waals surface area (Å²) >= 11 is 5.95. The maximum absolute atomic E-state index is 12.3. The van der Waals surface area contributed by atoms with Crippen molar-refractivity contribution in [2.24, 2.45) is 0 Å². The number of nitrogens with one attached hydrogen (secondary N) is 1. The lowest BCUT2D eigenvalue weighted by Gasteiger charge is -2.29. The van der Waals surface area contributed by atoms with Gasteiger partial charge in [0, 0.05) is 24.5 Å². The summed E-state index contributed by atoms with van der Waals surface area (Å²) in [4.78, 5) is 26.3. The number of fused-ring (bicyclic) bond motifs is 1. The molecule has 1 saturated heterocycles. The molecule has 1 fully saturated rings. The molecular formula is C16H19ClN2O4. The summed E-state index contributed by atoms with van der Waals surface area (Å²) in [7, 11) is 0. The van der Waals surface area contributed by atoms with E-state index in [1.807, 2.05) is 0 Å². The Kier molecular flexibility index (Phi) is 4.73. The number of hydrogen-bond acceptors (Lipinski definition) is 4. The second-order valence-corrected chi connectivity index (χ2v) is 6.17. The van der Waals surface area contributed by atoms with Crippen molar-refractivity contribution in [1.82, 2.24) is 10.2 Å². The Bertz CT molecular complexity index is 616. The first-order valence-electron chi connectivity index (χ1n) is 7.66. The van der Waals surface area contributed by atoms with Gasteiger partial charge in [-0.05, 0) is 30.7 Å². The molecule has 2 amide bonds. The third-order valence-corrected chi connectivity index (χ3v) is 4.28. The SMILES string of the molecule is C[C@H](NC(=O)[C@@H]1Cc2cc(Cl)ccc2O1)C(=O)N1CCOCC1. The van der Waals surface area contributed by atoms with Crippen LogP contribution in [0.1, 0.15) is 12.5 Å². The van der Waals surface area contributed by atoms with E-state index in [1.54, 1.807) is 30.0 Å². The molecule has 124 valence electrons. The number of morpholine rings is 1. The Morgan fingerprint density at radius 3 is 2.83 bits per heavy atom. The lowest BCUT2D eigenvalue weighted by molar-refractivity contribution is -0.140. The highest BCUT2D eigenvalue weighted by Gasteiger charge is 2.32. The average molecular weight is 339 g/mol. The van der Waals surface area contributed by atoms with Gasteiger partial charge in [0.25, 0.3) is 5.91 Å². The molecule has 6 nitrogen and oxygen atoms in total. The monoisotopic (exact) mass is 338 g/mol. The molecule has 7 heteroatoms. The number of amides is 2. The molecule has 1 N–H and O–H groups in total. The van der Waals surface area contributed by atoms with Gasteiger partial charge in [0.15, 0.2) is 6.10 Å². The number of rotatable bonds is 3. The zero-order valence-electron chi connectivity index (χ0n) is 12.9. The average Bonchev–Trinajstić information content (AvgIpc) is 2.98. The van der Waals surface area contributed by atoms with Gasteiger partial charge in [-0.1, -0.05) is 11.6 Å². The van der Waals surface area contributed by atoms with Crippen molar-refractivity contribution in [1.29, 1.82) is 0 Å². The molecule has 1 aromatic carbocycles. The number of carbonyl (C=O) groups excluding carboxylic acids is 2. The maximum atomic E-state index is 12.3. The van der Waals surface area contributed by atoms with E-state index in [1.165, 1.54) is 0 Å². The predicted octanol–water partition coefficient (Wildman–Crippen LogP) is 1.01. The molecule has 0 unspecified atom stereocenters. The lowest BCUT2D eigenvalue weighted by Crippen LogP contribution is -2.52. The highest BCUT2D eigenvalue weighted by atomic mass is 35.5. The van der Waals surface area contributed by atoms with E-state index in [2.05, 4.69) is 5.32 Å². The van der Waals surface area contributed by atoms with Crippen molar-refractivity contribution in [3.63, 3.8) is 0 Å². The summed E-state index contributed by atoms with van der Waals surface area (Å²) in [5.74, 6) is 0.286. The van der Waals surface area contributed by atoms with Crippen LogP contribution in [0.4, 0.5) is 0 Å². The fourth-order valence-electron chi connectivity index (χ4n) is 2.79. The van der Waals surface area contributed by atoms with E-state index in [0.717, 1.165) is 5.56 Å². The number of nitrogens with zero attached hydrogens (tertiary/aromatic N) is 1. The van der Waals surface area contributed by atoms with Gasteiger partial charge in [-0.3, -0.25) is 9.59 Å². The number of halogens is 1. The Hall–Kier alpha value is -1.79. The standard InChI is InChI=1S/C16H19ClN2O4/c1-10(16(21)19-4-6-22-7-5-19)18-15(20)14-9-11-8-12(17)2-3-13(11)23-14/h2-3,8,10,14H,4-7,9H2,1H3,(H,18,20)/t10-,14-/m0/s1. The number of ether oxygens (including phenoxy) is 2. The van der Waals surface area contributed by atoms with Crippen LogP contribution in [-0.4, -0.2) is 55.2 Å². The molecule has 0 bridgehead atoms. The molecule has 2 atom stereocenters. The highest BCUT2D eigenvalue weighted by molar-refractivity contribution is 6.30. The zero-order valence-corrected chi connectivity index (χ0v) is 13.6. The molecule has 2 heterocycles. The summed E-state index contributed by atoms with van der Waals surface area (Å²) in [6.45, 7) is 3.88. The van der Waals surface area contributed by atoms with Crippen LogP contribution in [0.3, 0.4) is 0 Å². The Morgan fingerprint density at radius 1 is 1.35 bits per heavy atom. The fraction of sp³-hybridized carbons (Fsp3) is 0.500. The van der Waals surface area contributed by atoms with Gasteiger partial charge in [-0.2, -0.15) is 0 Å². The van der Waals surface area contributed by atoms with Crippen LogP contribution in [0.25, 0.3) is 0 Å². The van der Waals surface area contributed by atoms with E-state index in [9.17, 15) is 9.59 Å². The quantitative estimate of drug-likeness (QED) is 0.893. The zero-order chi connectivity index (χ0) is 16.4. The van der Waals surface area contributed by atoms with Crippen LogP contribution in [0.5, 0.6) is 5.75 Å². The first-order chi connectivity index (χ1) is 11.0. The second kappa shape index (κ2) is 6.76. The number of hydrogen-bond donors (Lipinski definition) is 1. The van der Waals surface area contributed by atoms with Crippen molar-refractivity contribution in [3.8, 4) is 5.75 Å². The minimum absolute atomic E-state index is 0.0970. The third kappa shape index (κ3) is 3.59. The van der Waals surface area contributed by atoms with Crippen LogP contribution >= 0.6 is 11.6 Å². The molecule has 0 aromatic heterocycles. The molecule has 2 aliphatic rings. The largest absolute Gasteiger partial charge is 0.480 e. The van der Waals surface area contributed by atoms with Gasteiger partial charge in [0.05, 0.1) is 13.2 Å². The van der Waals surface area contributed by atoms with E-state index >= 15 is 0 Å². The highest BCUT2D eigenvalue weighted by Crippen LogP contribution is 2.31. The normalized spacial score (nSPS) is 21.3. The van der Waals surface area contributed by atoms with Crippen molar-refractivity contribution >= 4 is 23.4 Å². The fourth-order valence-corrected chi connectivity index (χ4v) is 2.98. The van der Waals surface area contributed by atoms with Gasteiger partial charge in [-0.15, -0.1) is 0 Å². The second-order valence-electron chi connectivity index (χ2n) is 5.73. The first kappa shape index (κ1) is 16.1. The smallest absolute Gasteiger partial charge is 0.262 e. The minimum Gasteiger partial charge on any atom is -0.480 e. The number of benzene rings is 1. The summed E-state index contributed by atoms with van der Waals surface area (Å²) in [5, 5.41) is 3.35. The van der Waals surface area contributed by atoms with Gasteiger partial charge in [0.1, 0.15) is 11.8 Å². The molecule has 0 spiro atoms. The van der Waals surface area contributed by atoms with Crippen LogP contribution < -0.4 is 10.1 Å². The van der Waals surface area contributed by atoms with E-state index < -0.39 is 12.1 Å². The van der Waals surface area contributed by atoms with Gasteiger partial charge < -0.3 is 19.7 Å². The maximum Gasteiger partial charge on any atom is 0.262 e. The van der Waals surface area contributed by atoms with Crippen LogP contribution in [0.2, 0.25) is 5.02 Å². The van der Waals surface area contributed by atoms with Crippen molar-refractivity contribution in [2.45, 2.75) is 25.5 Å². The van der Waals surface area contributed by atoms with Crippen LogP contribution in [-0.2, 0) is 20.7 Å². The first-order valence-corrected chi connectivity index (χ1v) is 8.04. The Morgan fingerprint density at radius 2 is 2.09 bits per heavy atom. The minimum atomic E-state index is -0.622. The molecule has 3 rings (SSSR count). The summed E-state index contributed by atoms with van der Waals surface area (Å²) in [5.41, 5.74) is 0.907. The van der Waals surface area contributed by atoms with E-state index in [0.29, 0.717) is 43.5 Å². The van der Waals surface area contributed by atoms with Gasteiger partial charge >= 0.3 is 0 Å². The van der Waals surface area contributed by atoms with Crippen molar-refractivity contribution < 1.29 is 19.1 Å². The number of carbonyl (C=O) groups is 2. The van der Waals surface area contributed by atoms with Gasteiger partial charge in [-0.25, -0.2) is 0 Å². The van der Waals surface area contributed by atoms with Crippen molar-refractivity contribution in [2.75, 3.05) is 26.3 Å². The molecule has 0 radical (unpaired) electrons. The topological polar surface area (TPSA) is 67.9 Å². The van der Waals surface area contributed by atoms with Gasteiger partial charge in [0.2, 0.25) is 5.91 Å². The Labute approximate surface area is 139 Å². The lowest BCUT2D eigenvalue weighted by atomic mass is 10.1. The summed E-state index contributed by atoms with van der Waals surface area (Å²) < 4.78 is 10.9. The van der Waals surface area contributed by atoms with Crippen LogP contribution in [0.15, 0.2) is 18.2 Å². The summed E-state index contributed by atoms with van der Waals surface area (Å²) in [6, 6.07) is 4.70. The molecule has 2 aliphatic heterocycles.